The lowest BCUT2D eigenvalue weighted by atomic mass is 10.1. The summed E-state index contributed by atoms with van der Waals surface area (Å²) in [5.41, 5.74) is 2.30. The molecule has 0 saturated carbocycles. The monoisotopic (exact) mass is 467 g/mol. The molecule has 2 aromatic carbocycles. The van der Waals surface area contributed by atoms with E-state index in [1.165, 1.54) is 35.0 Å². The molecule has 2 aromatic heterocycles. The molecule has 0 aliphatic heterocycles. The van der Waals surface area contributed by atoms with E-state index in [1.54, 1.807) is 48.7 Å². The van der Waals surface area contributed by atoms with Gasteiger partial charge in [-0.1, -0.05) is 11.8 Å². The molecule has 0 unspecified atom stereocenters. The van der Waals surface area contributed by atoms with Crippen molar-refractivity contribution in [3.05, 3.63) is 81.2 Å². The first-order valence-corrected chi connectivity index (χ1v) is 11.5. The van der Waals surface area contributed by atoms with Crippen molar-refractivity contribution in [3.8, 4) is 5.69 Å². The van der Waals surface area contributed by atoms with E-state index in [2.05, 4.69) is 10.3 Å². The number of halogens is 1. The van der Waals surface area contributed by atoms with Crippen LogP contribution in [0.15, 0.2) is 63.9 Å². The van der Waals surface area contributed by atoms with Gasteiger partial charge in [-0.05, 0) is 73.3 Å². The zero-order chi connectivity index (χ0) is 22.8. The lowest BCUT2D eigenvalue weighted by molar-refractivity contribution is -0.113. The van der Waals surface area contributed by atoms with Crippen molar-refractivity contribution in [2.75, 3.05) is 11.1 Å². The molecule has 162 valence electrons. The van der Waals surface area contributed by atoms with Crippen LogP contribution < -0.4 is 10.9 Å². The number of fused-ring (bicyclic) bond motifs is 1. The molecule has 0 atom stereocenters. The Morgan fingerprint density at radius 1 is 1.16 bits per heavy atom. The van der Waals surface area contributed by atoms with Gasteiger partial charge in [-0.15, -0.1) is 11.3 Å². The van der Waals surface area contributed by atoms with E-state index < -0.39 is 0 Å². The van der Waals surface area contributed by atoms with Crippen molar-refractivity contribution in [1.82, 2.24) is 9.55 Å². The van der Waals surface area contributed by atoms with E-state index in [0.717, 1.165) is 11.8 Å². The Balaban J connectivity index is 1.60. The predicted molar refractivity (Wildman–Crippen MR) is 126 cm³/mol. The third-order valence-corrected chi connectivity index (χ3v) is 6.59. The van der Waals surface area contributed by atoms with Gasteiger partial charge >= 0.3 is 0 Å². The van der Waals surface area contributed by atoms with E-state index >= 15 is 0 Å². The maximum Gasteiger partial charge on any atom is 0.276 e. The molecule has 1 amide bonds. The minimum absolute atomic E-state index is 0.0106. The summed E-state index contributed by atoms with van der Waals surface area (Å²) in [4.78, 5) is 41.6. The van der Waals surface area contributed by atoms with Crippen LogP contribution in [0.1, 0.15) is 22.8 Å². The first-order chi connectivity index (χ1) is 15.3. The predicted octanol–water partition coefficient (Wildman–Crippen LogP) is 4.83. The number of thiophene rings is 1. The average molecular weight is 468 g/mol. The lowest BCUT2D eigenvalue weighted by Crippen LogP contribution is -2.22. The number of Topliss-reactive ketones (excluding diaryl/α,β-unsaturated/α-hetero) is 1. The average Bonchev–Trinajstić information content (AvgIpc) is 3.24. The third-order valence-electron chi connectivity index (χ3n) is 4.76. The van der Waals surface area contributed by atoms with Crippen LogP contribution in [0.5, 0.6) is 0 Å². The molecule has 0 aliphatic carbocycles. The second-order valence-corrected chi connectivity index (χ2v) is 8.93. The second-order valence-electron chi connectivity index (χ2n) is 7.07. The SMILES string of the molecule is CC(=O)c1ccc(NC(=O)CSc2nc3ccsc3c(=O)n2-c2ccc(F)c(C)c2)cc1. The molecule has 2 heterocycles. The summed E-state index contributed by atoms with van der Waals surface area (Å²) in [6.45, 7) is 3.10. The summed E-state index contributed by atoms with van der Waals surface area (Å²) in [6.07, 6.45) is 0. The van der Waals surface area contributed by atoms with Gasteiger partial charge in [0.05, 0.1) is 17.0 Å². The van der Waals surface area contributed by atoms with Crippen LogP contribution in [-0.4, -0.2) is 27.0 Å². The summed E-state index contributed by atoms with van der Waals surface area (Å²) in [6, 6.07) is 12.8. The van der Waals surface area contributed by atoms with E-state index in [0.29, 0.717) is 37.9 Å². The number of benzene rings is 2. The minimum Gasteiger partial charge on any atom is -0.325 e. The number of amides is 1. The standard InChI is InChI=1S/C23H18FN3O3S2/c1-13-11-17(7-8-18(13)24)27-22(30)21-19(9-10-31-21)26-23(27)32-12-20(29)25-16-5-3-15(4-6-16)14(2)28/h3-11H,12H2,1-2H3,(H,25,29). The molecule has 0 aliphatic rings. The smallest absolute Gasteiger partial charge is 0.276 e. The number of hydrogen-bond donors (Lipinski definition) is 1. The topological polar surface area (TPSA) is 81.1 Å². The molecule has 32 heavy (non-hydrogen) atoms. The Morgan fingerprint density at radius 3 is 2.59 bits per heavy atom. The number of nitrogens with zero attached hydrogens (tertiary/aromatic N) is 2. The fraction of sp³-hybridized carbons (Fsp3) is 0.130. The van der Waals surface area contributed by atoms with Crippen LogP contribution in [0.2, 0.25) is 0 Å². The van der Waals surface area contributed by atoms with E-state index in [4.69, 9.17) is 0 Å². The van der Waals surface area contributed by atoms with Crippen LogP contribution in [0, 0.1) is 12.7 Å². The van der Waals surface area contributed by atoms with Crippen LogP contribution in [-0.2, 0) is 4.79 Å². The van der Waals surface area contributed by atoms with Crippen molar-refractivity contribution < 1.29 is 14.0 Å². The van der Waals surface area contributed by atoms with Gasteiger partial charge in [-0.25, -0.2) is 9.37 Å². The van der Waals surface area contributed by atoms with E-state index in [9.17, 15) is 18.8 Å². The number of carbonyl (C=O) groups excluding carboxylic acids is 2. The summed E-state index contributed by atoms with van der Waals surface area (Å²) in [5, 5.41) is 4.89. The zero-order valence-electron chi connectivity index (χ0n) is 17.2. The maximum absolute atomic E-state index is 13.8. The molecule has 0 fully saturated rings. The number of hydrogen-bond acceptors (Lipinski definition) is 6. The Morgan fingerprint density at radius 2 is 1.91 bits per heavy atom. The summed E-state index contributed by atoms with van der Waals surface area (Å²) < 4.78 is 15.7. The van der Waals surface area contributed by atoms with Gasteiger partial charge in [-0.2, -0.15) is 0 Å². The Bertz CT molecular complexity index is 1390. The molecular formula is C23H18FN3O3S2. The largest absolute Gasteiger partial charge is 0.325 e. The lowest BCUT2D eigenvalue weighted by Gasteiger charge is -2.13. The summed E-state index contributed by atoms with van der Waals surface area (Å²) >= 11 is 2.40. The van der Waals surface area contributed by atoms with Crippen molar-refractivity contribution in [2.45, 2.75) is 19.0 Å². The number of nitrogens with one attached hydrogen (secondary N) is 1. The van der Waals surface area contributed by atoms with Gasteiger partial charge in [0.1, 0.15) is 10.5 Å². The number of rotatable bonds is 6. The number of aromatic nitrogens is 2. The number of ketones is 1. The van der Waals surface area contributed by atoms with Gasteiger partial charge in [0, 0.05) is 11.3 Å². The maximum atomic E-state index is 13.8. The molecule has 0 spiro atoms. The Kier molecular flexibility index (Phi) is 6.20. The van der Waals surface area contributed by atoms with Crippen molar-refractivity contribution >= 4 is 50.7 Å². The van der Waals surface area contributed by atoms with Crippen LogP contribution in [0.25, 0.3) is 15.9 Å². The third kappa shape index (κ3) is 4.49. The number of aryl methyl sites for hydroxylation is 1. The minimum atomic E-state index is -0.365. The van der Waals surface area contributed by atoms with Crippen LogP contribution in [0.4, 0.5) is 10.1 Å². The number of carbonyl (C=O) groups is 2. The van der Waals surface area contributed by atoms with Crippen molar-refractivity contribution in [1.29, 1.82) is 0 Å². The summed E-state index contributed by atoms with van der Waals surface area (Å²) in [5.74, 6) is -0.692. The first-order valence-electron chi connectivity index (χ1n) is 9.64. The molecule has 1 N–H and O–H groups in total. The molecule has 9 heteroatoms. The molecule has 0 bridgehead atoms. The molecule has 6 nitrogen and oxygen atoms in total. The van der Waals surface area contributed by atoms with Crippen molar-refractivity contribution in [2.24, 2.45) is 0 Å². The van der Waals surface area contributed by atoms with Gasteiger partial charge in [-0.3, -0.25) is 19.0 Å². The highest BCUT2D eigenvalue weighted by Gasteiger charge is 2.16. The van der Waals surface area contributed by atoms with Gasteiger partial charge in [0.25, 0.3) is 5.56 Å². The second kappa shape index (κ2) is 9.05. The number of anilines is 1. The fourth-order valence-corrected chi connectivity index (χ4v) is 4.67. The molecule has 4 rings (SSSR count). The number of thioether (sulfide) groups is 1. The van der Waals surface area contributed by atoms with Crippen LogP contribution in [0.3, 0.4) is 0 Å². The summed E-state index contributed by atoms with van der Waals surface area (Å²) in [7, 11) is 0. The van der Waals surface area contributed by atoms with Gasteiger partial charge in [0.15, 0.2) is 10.9 Å². The molecule has 0 radical (unpaired) electrons. The van der Waals surface area contributed by atoms with E-state index in [1.807, 2.05) is 0 Å². The highest BCUT2D eigenvalue weighted by atomic mass is 32.2. The quantitative estimate of drug-likeness (QED) is 0.250. The normalized spacial score (nSPS) is 11.0. The van der Waals surface area contributed by atoms with Gasteiger partial charge in [0.2, 0.25) is 5.91 Å². The Labute approximate surface area is 191 Å². The zero-order valence-corrected chi connectivity index (χ0v) is 18.8. The first kappa shape index (κ1) is 21.9. The highest BCUT2D eigenvalue weighted by molar-refractivity contribution is 7.99. The Hall–Kier alpha value is -3.30. The van der Waals surface area contributed by atoms with E-state index in [-0.39, 0.29) is 28.8 Å². The van der Waals surface area contributed by atoms with Gasteiger partial charge < -0.3 is 5.32 Å². The fourth-order valence-electron chi connectivity index (χ4n) is 3.10. The van der Waals surface area contributed by atoms with Crippen LogP contribution >= 0.6 is 23.1 Å². The molecular weight excluding hydrogens is 449 g/mol. The molecule has 4 aromatic rings. The van der Waals surface area contributed by atoms with Crippen molar-refractivity contribution in [3.63, 3.8) is 0 Å². The highest BCUT2D eigenvalue weighted by Crippen LogP contribution is 2.25. The molecule has 0 saturated heterocycles.